The van der Waals surface area contributed by atoms with Crippen LogP contribution in [0.15, 0.2) is 59.5 Å². The summed E-state index contributed by atoms with van der Waals surface area (Å²) < 4.78 is 12.2. The van der Waals surface area contributed by atoms with Crippen LogP contribution in [0.2, 0.25) is 0 Å². The highest BCUT2D eigenvalue weighted by atomic mass is 16.5. The van der Waals surface area contributed by atoms with E-state index >= 15 is 0 Å². The van der Waals surface area contributed by atoms with Crippen molar-refractivity contribution in [2.24, 2.45) is 0 Å². The van der Waals surface area contributed by atoms with Gasteiger partial charge in [-0.2, -0.15) is 0 Å². The van der Waals surface area contributed by atoms with Gasteiger partial charge in [-0.05, 0) is 30.7 Å². The Bertz CT molecular complexity index is 1390. The van der Waals surface area contributed by atoms with Gasteiger partial charge in [0.05, 0.1) is 43.6 Å². The van der Waals surface area contributed by atoms with Crippen LogP contribution < -0.4 is 10.3 Å². The Morgan fingerprint density at radius 3 is 2.79 bits per heavy atom. The first-order valence-electron chi connectivity index (χ1n) is 11.3. The van der Waals surface area contributed by atoms with Crippen molar-refractivity contribution < 1.29 is 14.3 Å². The van der Waals surface area contributed by atoms with E-state index in [1.165, 1.54) is 0 Å². The lowest BCUT2D eigenvalue weighted by Gasteiger charge is -2.28. The smallest absolute Gasteiger partial charge is 0.338 e. The maximum atomic E-state index is 12.8. The number of H-pyrrole nitrogens is 1. The Hall–Kier alpha value is -3.98. The molecule has 4 aromatic rings. The summed E-state index contributed by atoms with van der Waals surface area (Å²) in [4.78, 5) is 30.4. The molecule has 3 heterocycles. The maximum absolute atomic E-state index is 12.8. The fourth-order valence-corrected chi connectivity index (χ4v) is 4.14. The lowest BCUT2D eigenvalue weighted by molar-refractivity contribution is 0.0526. The van der Waals surface area contributed by atoms with E-state index in [2.05, 4.69) is 20.2 Å². The Balaban J connectivity index is 1.46. The van der Waals surface area contributed by atoms with Crippen LogP contribution >= 0.6 is 0 Å². The predicted molar refractivity (Wildman–Crippen MR) is 128 cm³/mol. The molecule has 0 saturated carbocycles. The Kier molecular flexibility index (Phi) is 6.09. The first-order chi connectivity index (χ1) is 16.6. The third-order valence-corrected chi connectivity index (χ3v) is 5.80. The van der Waals surface area contributed by atoms with Crippen molar-refractivity contribution in [1.82, 2.24) is 20.0 Å². The number of benzene rings is 2. The number of nitrogens with one attached hydrogen (secondary N) is 1. The van der Waals surface area contributed by atoms with Crippen LogP contribution in [0.5, 0.6) is 0 Å². The number of anilines is 1. The van der Waals surface area contributed by atoms with E-state index in [1.807, 2.05) is 36.5 Å². The van der Waals surface area contributed by atoms with E-state index in [0.717, 1.165) is 35.6 Å². The summed E-state index contributed by atoms with van der Waals surface area (Å²) in [5.74, 6) is 0.427. The Morgan fingerprint density at radius 1 is 1.15 bits per heavy atom. The molecule has 9 nitrogen and oxygen atoms in total. The molecule has 1 fully saturated rings. The number of rotatable bonds is 6. The number of para-hydroxylation sites is 1. The molecule has 5 rings (SSSR count). The molecule has 2 aromatic heterocycles. The number of aromatic nitrogens is 4. The number of nitrogens with zero attached hydrogens (tertiary/aromatic N) is 4. The van der Waals surface area contributed by atoms with Crippen LogP contribution in [0, 0.1) is 0 Å². The van der Waals surface area contributed by atoms with Crippen molar-refractivity contribution in [1.29, 1.82) is 0 Å². The lowest BCUT2D eigenvalue weighted by atomic mass is 10.1. The molecule has 0 spiro atoms. The average Bonchev–Trinajstić information content (AvgIpc) is 3.32. The Morgan fingerprint density at radius 2 is 1.97 bits per heavy atom. The summed E-state index contributed by atoms with van der Waals surface area (Å²) >= 11 is 0. The van der Waals surface area contributed by atoms with Crippen molar-refractivity contribution in [2.75, 3.05) is 37.8 Å². The van der Waals surface area contributed by atoms with Gasteiger partial charge in [0, 0.05) is 30.1 Å². The van der Waals surface area contributed by atoms with E-state index in [1.54, 1.807) is 29.8 Å². The largest absolute Gasteiger partial charge is 0.462 e. The summed E-state index contributed by atoms with van der Waals surface area (Å²) in [6.07, 6.45) is 1.84. The van der Waals surface area contributed by atoms with Crippen molar-refractivity contribution >= 4 is 22.7 Å². The molecular weight excluding hydrogens is 434 g/mol. The molecule has 0 amide bonds. The minimum atomic E-state index is -0.348. The van der Waals surface area contributed by atoms with E-state index in [-0.39, 0.29) is 11.4 Å². The normalized spacial score (nSPS) is 13.9. The van der Waals surface area contributed by atoms with E-state index in [4.69, 9.17) is 9.47 Å². The molecule has 0 bridgehead atoms. The zero-order valence-corrected chi connectivity index (χ0v) is 18.9. The third-order valence-electron chi connectivity index (χ3n) is 5.80. The molecule has 1 aliphatic heterocycles. The van der Waals surface area contributed by atoms with Gasteiger partial charge in [-0.3, -0.25) is 4.79 Å². The van der Waals surface area contributed by atoms with Crippen LogP contribution in [0.4, 0.5) is 5.82 Å². The quantitative estimate of drug-likeness (QED) is 0.442. The third kappa shape index (κ3) is 4.42. The first kappa shape index (κ1) is 21.8. The zero-order chi connectivity index (χ0) is 23.5. The van der Waals surface area contributed by atoms with E-state index in [9.17, 15) is 9.59 Å². The van der Waals surface area contributed by atoms with Gasteiger partial charge >= 0.3 is 5.97 Å². The summed E-state index contributed by atoms with van der Waals surface area (Å²) in [5.41, 5.74) is 3.55. The highest BCUT2D eigenvalue weighted by Gasteiger charge is 2.16. The van der Waals surface area contributed by atoms with Gasteiger partial charge in [0.2, 0.25) is 0 Å². The van der Waals surface area contributed by atoms with Gasteiger partial charge in [0.25, 0.3) is 0 Å². The minimum Gasteiger partial charge on any atom is -0.462 e. The lowest BCUT2D eigenvalue weighted by Crippen LogP contribution is -2.37. The number of ether oxygens (including phenoxy) is 2. The molecule has 0 atom stereocenters. The van der Waals surface area contributed by atoms with Crippen molar-refractivity contribution in [2.45, 2.75) is 13.5 Å². The standard InChI is InChI=1S/C25H25N5O4/c1-2-34-25(32)18-6-3-5-17(13-18)15-30-16-21(27-28-30)19-7-4-8-20-22(31)14-23(26-24(19)20)29-9-11-33-12-10-29/h3-8,13-14,16H,2,9-12,15H2,1H3,(H,26,31). The number of carbonyl (C=O) groups is 1. The average molecular weight is 460 g/mol. The van der Waals surface area contributed by atoms with Crippen LogP contribution in [0.25, 0.3) is 22.2 Å². The minimum absolute atomic E-state index is 0.0414. The van der Waals surface area contributed by atoms with Gasteiger partial charge in [-0.15, -0.1) is 5.10 Å². The number of hydrogen-bond acceptors (Lipinski definition) is 7. The number of pyridine rings is 1. The highest BCUT2D eigenvalue weighted by Crippen LogP contribution is 2.26. The molecule has 0 radical (unpaired) electrons. The molecule has 2 aromatic carbocycles. The molecule has 174 valence electrons. The monoisotopic (exact) mass is 459 g/mol. The molecule has 0 aliphatic carbocycles. The molecule has 9 heteroatoms. The van der Waals surface area contributed by atoms with Gasteiger partial charge in [0.15, 0.2) is 5.43 Å². The molecule has 34 heavy (non-hydrogen) atoms. The summed E-state index contributed by atoms with van der Waals surface area (Å²) in [6, 6.07) is 14.5. The number of fused-ring (bicyclic) bond motifs is 1. The molecule has 1 N–H and O–H groups in total. The van der Waals surface area contributed by atoms with E-state index in [0.29, 0.717) is 43.0 Å². The molecule has 0 unspecified atom stereocenters. The van der Waals surface area contributed by atoms with Crippen LogP contribution in [0.1, 0.15) is 22.8 Å². The fourth-order valence-electron chi connectivity index (χ4n) is 4.14. The Labute approximate surface area is 195 Å². The number of hydrogen-bond donors (Lipinski definition) is 1. The molecular formula is C25H25N5O4. The molecule has 1 saturated heterocycles. The number of esters is 1. The van der Waals surface area contributed by atoms with Crippen molar-refractivity contribution in [3.63, 3.8) is 0 Å². The summed E-state index contributed by atoms with van der Waals surface area (Å²) in [6.45, 7) is 5.27. The van der Waals surface area contributed by atoms with Crippen molar-refractivity contribution in [3.8, 4) is 11.3 Å². The maximum Gasteiger partial charge on any atom is 0.338 e. The highest BCUT2D eigenvalue weighted by molar-refractivity contribution is 5.93. The van der Waals surface area contributed by atoms with Crippen LogP contribution in [0.3, 0.4) is 0 Å². The second-order valence-electron chi connectivity index (χ2n) is 8.07. The predicted octanol–water partition coefficient (Wildman–Crippen LogP) is 2.85. The van der Waals surface area contributed by atoms with Gasteiger partial charge < -0.3 is 19.4 Å². The summed E-state index contributed by atoms with van der Waals surface area (Å²) in [7, 11) is 0. The SMILES string of the molecule is CCOC(=O)c1cccc(Cn2cc(-c3cccc4c(=O)cc(N5CCOCC5)[nH]c34)nn2)c1. The first-order valence-corrected chi connectivity index (χ1v) is 11.3. The van der Waals surface area contributed by atoms with Crippen LogP contribution in [-0.4, -0.2) is 58.9 Å². The number of aromatic amines is 1. The number of carbonyl (C=O) groups excluding carboxylic acids is 1. The second-order valence-corrected chi connectivity index (χ2v) is 8.07. The van der Waals surface area contributed by atoms with Gasteiger partial charge in [-0.25, -0.2) is 9.48 Å². The second kappa shape index (κ2) is 9.48. The topological polar surface area (TPSA) is 102 Å². The zero-order valence-electron chi connectivity index (χ0n) is 18.9. The van der Waals surface area contributed by atoms with Crippen LogP contribution in [-0.2, 0) is 16.0 Å². The van der Waals surface area contributed by atoms with Gasteiger partial charge in [0.1, 0.15) is 11.5 Å². The van der Waals surface area contributed by atoms with Gasteiger partial charge in [-0.1, -0.05) is 29.5 Å². The van der Waals surface area contributed by atoms with Crippen molar-refractivity contribution in [3.05, 3.63) is 76.1 Å². The summed E-state index contributed by atoms with van der Waals surface area (Å²) in [5, 5.41) is 9.23. The van der Waals surface area contributed by atoms with E-state index < -0.39 is 0 Å². The number of morpholine rings is 1. The molecule has 1 aliphatic rings. The fraction of sp³-hybridized carbons (Fsp3) is 0.280.